The van der Waals surface area contributed by atoms with E-state index < -0.39 is 10.8 Å². The summed E-state index contributed by atoms with van der Waals surface area (Å²) in [4.78, 5) is 12.7. The molecule has 0 bridgehead atoms. The van der Waals surface area contributed by atoms with Gasteiger partial charge in [0.2, 0.25) is 11.9 Å². The van der Waals surface area contributed by atoms with Gasteiger partial charge in [-0.3, -0.25) is 4.21 Å². The van der Waals surface area contributed by atoms with Crippen molar-refractivity contribution in [3.8, 4) is 6.01 Å². The third-order valence-corrected chi connectivity index (χ3v) is 3.34. The molecule has 1 unspecified atom stereocenters. The standard InChI is InChI=1S/C13H25N5O2S/c1-4-7-14-11-16-12(15-8-6-10-21(3)19)18-13(17-11)20-9-5-2/h4-10H2,1-3H3,(H2,14,15,16,17,18). The molecule has 0 aliphatic rings. The smallest absolute Gasteiger partial charge is 0.323 e. The Morgan fingerprint density at radius 3 is 2.29 bits per heavy atom. The van der Waals surface area contributed by atoms with Gasteiger partial charge >= 0.3 is 6.01 Å². The minimum atomic E-state index is -0.771. The average Bonchev–Trinajstić information content (AvgIpc) is 2.47. The van der Waals surface area contributed by atoms with E-state index in [1.54, 1.807) is 6.26 Å². The summed E-state index contributed by atoms with van der Waals surface area (Å²) in [6.07, 6.45) is 4.39. The van der Waals surface area contributed by atoms with Gasteiger partial charge in [-0.2, -0.15) is 15.0 Å². The second-order valence-electron chi connectivity index (χ2n) is 4.60. The molecule has 7 nitrogen and oxygen atoms in total. The number of anilines is 2. The third-order valence-electron chi connectivity index (χ3n) is 2.47. The molecule has 21 heavy (non-hydrogen) atoms. The topological polar surface area (TPSA) is 89.0 Å². The van der Waals surface area contributed by atoms with Crippen molar-refractivity contribution in [1.29, 1.82) is 0 Å². The van der Waals surface area contributed by atoms with Gasteiger partial charge in [0.1, 0.15) is 0 Å². The Kier molecular flexibility index (Phi) is 8.65. The first-order valence-corrected chi connectivity index (χ1v) is 9.05. The summed E-state index contributed by atoms with van der Waals surface area (Å²) in [6.45, 7) is 6.15. The maximum atomic E-state index is 11.0. The highest BCUT2D eigenvalue weighted by Gasteiger charge is 2.07. The number of nitrogens with zero attached hydrogens (tertiary/aromatic N) is 3. The molecule has 1 aromatic heterocycles. The summed E-state index contributed by atoms with van der Waals surface area (Å²) in [7, 11) is -0.771. The van der Waals surface area contributed by atoms with Crippen LogP contribution in [0, 0.1) is 0 Å². The van der Waals surface area contributed by atoms with Gasteiger partial charge in [0.15, 0.2) is 0 Å². The Morgan fingerprint density at radius 2 is 1.71 bits per heavy atom. The van der Waals surface area contributed by atoms with E-state index in [-0.39, 0.29) is 0 Å². The monoisotopic (exact) mass is 315 g/mol. The molecular weight excluding hydrogens is 290 g/mol. The molecular formula is C13H25N5O2S. The second kappa shape index (κ2) is 10.3. The zero-order chi connectivity index (χ0) is 15.5. The van der Waals surface area contributed by atoms with Crippen LogP contribution >= 0.6 is 0 Å². The first-order valence-electron chi connectivity index (χ1n) is 7.32. The molecule has 1 heterocycles. The van der Waals surface area contributed by atoms with E-state index in [0.29, 0.717) is 36.8 Å². The van der Waals surface area contributed by atoms with E-state index in [2.05, 4.69) is 32.5 Å². The second-order valence-corrected chi connectivity index (χ2v) is 6.15. The number of ether oxygens (including phenoxy) is 1. The highest BCUT2D eigenvalue weighted by molar-refractivity contribution is 7.84. The van der Waals surface area contributed by atoms with Gasteiger partial charge in [-0.25, -0.2) is 0 Å². The van der Waals surface area contributed by atoms with Crippen LogP contribution in [0.5, 0.6) is 6.01 Å². The van der Waals surface area contributed by atoms with E-state index in [1.165, 1.54) is 0 Å². The fourth-order valence-electron chi connectivity index (χ4n) is 1.48. The summed E-state index contributed by atoms with van der Waals surface area (Å²) in [5, 5.41) is 6.25. The van der Waals surface area contributed by atoms with E-state index in [4.69, 9.17) is 4.74 Å². The summed E-state index contributed by atoms with van der Waals surface area (Å²) in [5.74, 6) is 1.66. The number of hydrogen-bond donors (Lipinski definition) is 2. The van der Waals surface area contributed by atoms with Gasteiger partial charge in [-0.15, -0.1) is 0 Å². The SMILES string of the molecule is CCCNc1nc(NCCCS(C)=O)nc(OCCC)n1. The lowest BCUT2D eigenvalue weighted by Gasteiger charge is -2.10. The van der Waals surface area contributed by atoms with Gasteiger partial charge in [0.05, 0.1) is 6.61 Å². The molecule has 8 heteroatoms. The van der Waals surface area contributed by atoms with Crippen molar-refractivity contribution < 1.29 is 8.95 Å². The highest BCUT2D eigenvalue weighted by atomic mass is 32.2. The average molecular weight is 315 g/mol. The number of hydrogen-bond acceptors (Lipinski definition) is 7. The van der Waals surface area contributed by atoms with Crippen molar-refractivity contribution in [2.24, 2.45) is 0 Å². The minimum Gasteiger partial charge on any atom is -0.463 e. The summed E-state index contributed by atoms with van der Waals surface area (Å²) >= 11 is 0. The molecule has 0 amide bonds. The van der Waals surface area contributed by atoms with Gasteiger partial charge in [-0.1, -0.05) is 13.8 Å². The zero-order valence-corrected chi connectivity index (χ0v) is 13.8. The van der Waals surface area contributed by atoms with Crippen LogP contribution < -0.4 is 15.4 Å². The Balaban J connectivity index is 2.63. The fraction of sp³-hybridized carbons (Fsp3) is 0.769. The van der Waals surface area contributed by atoms with Crippen LogP contribution in [0.4, 0.5) is 11.9 Å². The van der Waals surface area contributed by atoms with Crippen LogP contribution in [0.3, 0.4) is 0 Å². The van der Waals surface area contributed by atoms with Crippen LogP contribution in [0.2, 0.25) is 0 Å². The lowest BCUT2D eigenvalue weighted by atomic mass is 10.5. The van der Waals surface area contributed by atoms with Gasteiger partial charge < -0.3 is 15.4 Å². The molecule has 0 aliphatic carbocycles. The van der Waals surface area contributed by atoms with Gasteiger partial charge in [-0.05, 0) is 19.3 Å². The molecule has 1 rings (SSSR count). The maximum absolute atomic E-state index is 11.0. The molecule has 0 aliphatic heterocycles. The predicted octanol–water partition coefficient (Wildman–Crippen LogP) is 1.66. The fourth-order valence-corrected chi connectivity index (χ4v) is 2.04. The molecule has 0 saturated carbocycles. The molecule has 0 aromatic carbocycles. The highest BCUT2D eigenvalue weighted by Crippen LogP contribution is 2.11. The zero-order valence-electron chi connectivity index (χ0n) is 13.0. The quantitative estimate of drug-likeness (QED) is 0.600. The molecule has 0 spiro atoms. The molecule has 120 valence electrons. The maximum Gasteiger partial charge on any atom is 0.323 e. The first-order chi connectivity index (χ1) is 10.2. The Labute approximate surface area is 128 Å². The Bertz CT molecular complexity index is 418. The van der Waals surface area contributed by atoms with E-state index >= 15 is 0 Å². The van der Waals surface area contributed by atoms with Crippen molar-refractivity contribution in [2.75, 3.05) is 42.3 Å². The van der Waals surface area contributed by atoms with E-state index in [1.807, 2.05) is 6.92 Å². The van der Waals surface area contributed by atoms with Crippen molar-refractivity contribution >= 4 is 22.7 Å². The van der Waals surface area contributed by atoms with Crippen molar-refractivity contribution in [2.45, 2.75) is 33.1 Å². The summed E-state index contributed by atoms with van der Waals surface area (Å²) < 4.78 is 16.5. The van der Waals surface area contributed by atoms with Crippen LogP contribution in [0.15, 0.2) is 0 Å². The summed E-state index contributed by atoms with van der Waals surface area (Å²) in [5.41, 5.74) is 0. The summed E-state index contributed by atoms with van der Waals surface area (Å²) in [6, 6.07) is 0.326. The number of rotatable bonds is 11. The molecule has 0 radical (unpaired) electrons. The van der Waals surface area contributed by atoms with Crippen LogP contribution in [-0.4, -0.2) is 50.9 Å². The van der Waals surface area contributed by atoms with E-state index in [9.17, 15) is 4.21 Å². The lowest BCUT2D eigenvalue weighted by molar-refractivity contribution is 0.292. The molecule has 0 saturated heterocycles. The number of aromatic nitrogens is 3. The van der Waals surface area contributed by atoms with E-state index in [0.717, 1.165) is 25.8 Å². The molecule has 2 N–H and O–H groups in total. The van der Waals surface area contributed by atoms with Crippen molar-refractivity contribution in [1.82, 2.24) is 15.0 Å². The Hall–Kier alpha value is -1.44. The molecule has 1 aromatic rings. The van der Waals surface area contributed by atoms with Crippen LogP contribution in [-0.2, 0) is 10.8 Å². The van der Waals surface area contributed by atoms with Crippen molar-refractivity contribution in [3.63, 3.8) is 0 Å². The lowest BCUT2D eigenvalue weighted by Crippen LogP contribution is -2.13. The molecule has 1 atom stereocenters. The first kappa shape index (κ1) is 17.6. The minimum absolute atomic E-state index is 0.326. The third kappa shape index (κ3) is 7.79. The van der Waals surface area contributed by atoms with Crippen LogP contribution in [0.25, 0.3) is 0 Å². The molecule has 0 fully saturated rings. The van der Waals surface area contributed by atoms with Crippen LogP contribution in [0.1, 0.15) is 33.1 Å². The normalized spacial score (nSPS) is 12.0. The Morgan fingerprint density at radius 1 is 1.05 bits per heavy atom. The number of nitrogens with one attached hydrogen (secondary N) is 2. The van der Waals surface area contributed by atoms with Gasteiger partial charge in [0, 0.05) is 35.9 Å². The van der Waals surface area contributed by atoms with Crippen molar-refractivity contribution in [3.05, 3.63) is 0 Å². The van der Waals surface area contributed by atoms with Gasteiger partial charge in [0.25, 0.3) is 0 Å². The largest absolute Gasteiger partial charge is 0.463 e. The predicted molar refractivity (Wildman–Crippen MR) is 86.4 cm³/mol.